The van der Waals surface area contributed by atoms with Gasteiger partial charge in [0, 0.05) is 6.54 Å². The Labute approximate surface area is 156 Å². The number of rotatable bonds is 6. The topological polar surface area (TPSA) is 86.7 Å². The first-order valence-electron chi connectivity index (χ1n) is 9.75. The quantitative estimate of drug-likeness (QED) is 0.699. The Bertz CT molecular complexity index is 558. The molecule has 5 atom stereocenters. The standard InChI is InChI=1S/C20H34N2O4/c1-11(2)16(21-18(25)17(24)12(3)4)19(26)22-9-14-13(15(22)10-23)7-8-20(14,5)6/h10-17,24H,7-9H2,1-6H3,(H,21,25)/t13-,14-,15+,16-,17-/m0/s1. The maximum Gasteiger partial charge on any atom is 0.249 e. The van der Waals surface area contributed by atoms with Crippen LogP contribution in [0.3, 0.4) is 0 Å². The number of aliphatic hydroxyl groups excluding tert-OH is 1. The summed E-state index contributed by atoms with van der Waals surface area (Å²) < 4.78 is 0. The van der Waals surface area contributed by atoms with Crippen LogP contribution in [-0.4, -0.2) is 52.8 Å². The van der Waals surface area contributed by atoms with Crippen LogP contribution in [0.4, 0.5) is 0 Å². The summed E-state index contributed by atoms with van der Waals surface area (Å²) in [6.45, 7) is 12.2. The van der Waals surface area contributed by atoms with Gasteiger partial charge in [-0.05, 0) is 41.9 Å². The first kappa shape index (κ1) is 20.9. The van der Waals surface area contributed by atoms with Crippen molar-refractivity contribution in [3.05, 3.63) is 0 Å². The van der Waals surface area contributed by atoms with Crippen LogP contribution in [-0.2, 0) is 14.4 Å². The molecule has 0 aromatic rings. The molecule has 2 amide bonds. The summed E-state index contributed by atoms with van der Waals surface area (Å²) in [4.78, 5) is 38.9. The molecule has 0 bridgehead atoms. The van der Waals surface area contributed by atoms with E-state index >= 15 is 0 Å². The molecule has 26 heavy (non-hydrogen) atoms. The highest BCUT2D eigenvalue weighted by Crippen LogP contribution is 2.52. The molecule has 148 valence electrons. The van der Waals surface area contributed by atoms with Crippen molar-refractivity contribution in [2.45, 2.75) is 72.6 Å². The van der Waals surface area contributed by atoms with E-state index in [1.807, 2.05) is 13.8 Å². The predicted octanol–water partition coefficient (Wildman–Crippen LogP) is 1.61. The second-order valence-electron chi connectivity index (χ2n) is 9.33. The minimum atomic E-state index is -1.15. The number of likely N-dealkylation sites (tertiary alicyclic amines) is 1. The lowest BCUT2D eigenvalue weighted by Crippen LogP contribution is -2.55. The van der Waals surface area contributed by atoms with E-state index in [0.29, 0.717) is 12.5 Å². The number of nitrogens with one attached hydrogen (secondary N) is 1. The van der Waals surface area contributed by atoms with E-state index in [4.69, 9.17) is 0 Å². The fourth-order valence-electron chi connectivity index (χ4n) is 4.51. The average Bonchev–Trinajstić information content (AvgIpc) is 3.07. The van der Waals surface area contributed by atoms with Gasteiger partial charge in [-0.1, -0.05) is 41.5 Å². The molecule has 1 heterocycles. The summed E-state index contributed by atoms with van der Waals surface area (Å²) >= 11 is 0. The number of carbonyl (C=O) groups excluding carboxylic acids is 3. The van der Waals surface area contributed by atoms with Gasteiger partial charge < -0.3 is 20.1 Å². The molecule has 1 aliphatic carbocycles. The normalized spacial score (nSPS) is 29.6. The SMILES string of the molecule is CC(C)[C@H](O)C(=O)N[C@H](C(=O)N1C[C@H]2[C@H](CCC2(C)C)[C@H]1C=O)C(C)C. The third kappa shape index (κ3) is 3.80. The van der Waals surface area contributed by atoms with E-state index in [1.54, 1.807) is 18.7 Å². The summed E-state index contributed by atoms with van der Waals surface area (Å²) in [6.07, 6.45) is 1.77. The Kier molecular flexibility index (Phi) is 6.16. The molecule has 6 nitrogen and oxygen atoms in total. The molecule has 0 radical (unpaired) electrons. The molecular weight excluding hydrogens is 332 g/mol. The Hall–Kier alpha value is -1.43. The highest BCUT2D eigenvalue weighted by molar-refractivity contribution is 5.91. The smallest absolute Gasteiger partial charge is 0.249 e. The maximum absolute atomic E-state index is 13.2. The minimum Gasteiger partial charge on any atom is -0.383 e. The van der Waals surface area contributed by atoms with Crippen molar-refractivity contribution in [2.24, 2.45) is 29.1 Å². The summed E-state index contributed by atoms with van der Waals surface area (Å²) in [5.74, 6) is -0.595. The van der Waals surface area contributed by atoms with Gasteiger partial charge in [-0.15, -0.1) is 0 Å². The third-order valence-electron chi connectivity index (χ3n) is 6.39. The van der Waals surface area contributed by atoms with Crippen molar-refractivity contribution >= 4 is 18.1 Å². The molecule has 0 aromatic heterocycles. The minimum absolute atomic E-state index is 0.116. The Balaban J connectivity index is 2.18. The second kappa shape index (κ2) is 7.67. The van der Waals surface area contributed by atoms with Crippen molar-refractivity contribution in [1.82, 2.24) is 10.2 Å². The molecule has 2 fully saturated rings. The molecule has 0 unspecified atom stereocenters. The Morgan fingerprint density at radius 1 is 1.19 bits per heavy atom. The monoisotopic (exact) mass is 366 g/mol. The van der Waals surface area contributed by atoms with Gasteiger partial charge in [0.05, 0.1) is 6.04 Å². The van der Waals surface area contributed by atoms with E-state index in [1.165, 1.54) is 0 Å². The molecule has 0 spiro atoms. The summed E-state index contributed by atoms with van der Waals surface area (Å²) in [5.41, 5.74) is 0.116. The highest BCUT2D eigenvalue weighted by Gasteiger charge is 2.54. The van der Waals surface area contributed by atoms with Crippen LogP contribution in [0.1, 0.15) is 54.4 Å². The van der Waals surface area contributed by atoms with Crippen LogP contribution in [0, 0.1) is 29.1 Å². The van der Waals surface area contributed by atoms with Crippen LogP contribution >= 0.6 is 0 Å². The van der Waals surface area contributed by atoms with Gasteiger partial charge in [-0.25, -0.2) is 0 Å². The molecule has 1 saturated heterocycles. The number of hydrogen-bond donors (Lipinski definition) is 2. The van der Waals surface area contributed by atoms with Gasteiger partial charge in [0.25, 0.3) is 0 Å². The number of aliphatic hydroxyl groups is 1. The number of amides is 2. The second-order valence-corrected chi connectivity index (χ2v) is 9.33. The molecule has 1 aliphatic heterocycles. The molecule has 2 N–H and O–H groups in total. The summed E-state index contributed by atoms with van der Waals surface area (Å²) in [5, 5.41) is 12.7. The summed E-state index contributed by atoms with van der Waals surface area (Å²) in [7, 11) is 0. The zero-order chi connectivity index (χ0) is 19.8. The molecule has 6 heteroatoms. The van der Waals surface area contributed by atoms with E-state index < -0.39 is 24.1 Å². The first-order valence-corrected chi connectivity index (χ1v) is 9.75. The van der Waals surface area contributed by atoms with Crippen molar-refractivity contribution in [3.63, 3.8) is 0 Å². The van der Waals surface area contributed by atoms with Gasteiger partial charge in [0.1, 0.15) is 18.4 Å². The van der Waals surface area contributed by atoms with Crippen molar-refractivity contribution in [1.29, 1.82) is 0 Å². The van der Waals surface area contributed by atoms with Gasteiger partial charge >= 0.3 is 0 Å². The van der Waals surface area contributed by atoms with Gasteiger partial charge in [0.2, 0.25) is 11.8 Å². The van der Waals surface area contributed by atoms with Crippen LogP contribution in [0.2, 0.25) is 0 Å². The average molecular weight is 367 g/mol. The lowest BCUT2D eigenvalue weighted by Gasteiger charge is -2.32. The van der Waals surface area contributed by atoms with Crippen LogP contribution < -0.4 is 5.32 Å². The van der Waals surface area contributed by atoms with Crippen LogP contribution in [0.5, 0.6) is 0 Å². The number of carbonyl (C=O) groups is 3. The predicted molar refractivity (Wildman–Crippen MR) is 99.2 cm³/mol. The van der Waals surface area contributed by atoms with Crippen LogP contribution in [0.15, 0.2) is 0 Å². The first-order chi connectivity index (χ1) is 12.0. The van der Waals surface area contributed by atoms with E-state index in [-0.39, 0.29) is 29.1 Å². The van der Waals surface area contributed by atoms with Crippen molar-refractivity contribution in [2.75, 3.05) is 6.54 Å². The molecular formula is C20H34N2O4. The van der Waals surface area contributed by atoms with Crippen molar-refractivity contribution in [3.8, 4) is 0 Å². The fraction of sp³-hybridized carbons (Fsp3) is 0.850. The summed E-state index contributed by atoms with van der Waals surface area (Å²) in [6, 6.07) is -1.15. The van der Waals surface area contributed by atoms with Gasteiger partial charge in [-0.3, -0.25) is 9.59 Å². The maximum atomic E-state index is 13.2. The molecule has 2 aliphatic rings. The highest BCUT2D eigenvalue weighted by atomic mass is 16.3. The number of fused-ring (bicyclic) bond motifs is 1. The van der Waals surface area contributed by atoms with E-state index in [9.17, 15) is 19.5 Å². The zero-order valence-corrected chi connectivity index (χ0v) is 16.9. The number of hydrogen-bond acceptors (Lipinski definition) is 4. The lowest BCUT2D eigenvalue weighted by atomic mass is 9.79. The third-order valence-corrected chi connectivity index (χ3v) is 6.39. The Morgan fingerprint density at radius 3 is 2.31 bits per heavy atom. The van der Waals surface area contributed by atoms with E-state index in [2.05, 4.69) is 19.2 Å². The molecule has 0 aromatic carbocycles. The molecule has 1 saturated carbocycles. The number of nitrogens with zero attached hydrogens (tertiary/aromatic N) is 1. The van der Waals surface area contributed by atoms with Gasteiger partial charge in [0.15, 0.2) is 0 Å². The number of aldehydes is 1. The van der Waals surface area contributed by atoms with Crippen LogP contribution in [0.25, 0.3) is 0 Å². The van der Waals surface area contributed by atoms with Gasteiger partial charge in [-0.2, -0.15) is 0 Å². The molecule has 2 rings (SSSR count). The van der Waals surface area contributed by atoms with E-state index in [0.717, 1.165) is 19.1 Å². The Morgan fingerprint density at radius 2 is 1.81 bits per heavy atom. The largest absolute Gasteiger partial charge is 0.383 e. The van der Waals surface area contributed by atoms with Crippen molar-refractivity contribution < 1.29 is 19.5 Å². The fourth-order valence-corrected chi connectivity index (χ4v) is 4.51. The lowest BCUT2D eigenvalue weighted by molar-refractivity contribution is -0.143. The zero-order valence-electron chi connectivity index (χ0n) is 16.9.